The average molecular weight is 352 g/mol. The van der Waals surface area contributed by atoms with E-state index in [1.807, 2.05) is 24.0 Å². The molecular formula is C18H20N6O2. The largest absolute Gasteiger partial charge is 0.463 e. The molecule has 1 aliphatic rings. The second kappa shape index (κ2) is 6.62. The van der Waals surface area contributed by atoms with Crippen LogP contribution in [0, 0.1) is 6.92 Å². The van der Waals surface area contributed by atoms with Crippen LogP contribution in [-0.4, -0.2) is 56.7 Å². The third kappa shape index (κ3) is 3.05. The molecule has 1 aliphatic heterocycles. The van der Waals surface area contributed by atoms with Crippen molar-refractivity contribution in [2.45, 2.75) is 6.92 Å². The Morgan fingerprint density at radius 3 is 2.69 bits per heavy atom. The number of aromatic nitrogens is 4. The summed E-state index contributed by atoms with van der Waals surface area (Å²) in [6.45, 7) is 4.61. The van der Waals surface area contributed by atoms with Gasteiger partial charge in [-0.2, -0.15) is 5.10 Å². The Morgan fingerprint density at radius 1 is 1.19 bits per heavy atom. The maximum Gasteiger partial charge on any atom is 0.257 e. The van der Waals surface area contributed by atoms with Crippen molar-refractivity contribution in [2.24, 2.45) is 7.05 Å². The molecule has 0 aromatic carbocycles. The summed E-state index contributed by atoms with van der Waals surface area (Å²) in [7, 11) is 1.80. The van der Waals surface area contributed by atoms with Gasteiger partial charge >= 0.3 is 0 Å². The topological polar surface area (TPSA) is 80.3 Å². The van der Waals surface area contributed by atoms with Crippen LogP contribution in [-0.2, 0) is 7.05 Å². The maximum atomic E-state index is 13.0. The SMILES string of the molecule is Cc1nccc(N2CCN(C(=O)c3cn(C)nc3-c3ccco3)CC2)n1. The van der Waals surface area contributed by atoms with E-state index in [2.05, 4.69) is 20.0 Å². The number of amides is 1. The number of furan rings is 1. The number of hydrogen-bond donors (Lipinski definition) is 0. The maximum absolute atomic E-state index is 13.0. The highest BCUT2D eigenvalue weighted by Crippen LogP contribution is 2.24. The van der Waals surface area contributed by atoms with Gasteiger partial charge in [0.15, 0.2) is 5.76 Å². The van der Waals surface area contributed by atoms with E-state index in [-0.39, 0.29) is 5.91 Å². The second-order valence-corrected chi connectivity index (χ2v) is 6.28. The molecular weight excluding hydrogens is 332 g/mol. The fraction of sp³-hybridized carbons (Fsp3) is 0.333. The normalized spacial score (nSPS) is 14.7. The predicted molar refractivity (Wildman–Crippen MR) is 95.8 cm³/mol. The first-order valence-corrected chi connectivity index (χ1v) is 8.53. The van der Waals surface area contributed by atoms with Crippen LogP contribution in [0.2, 0.25) is 0 Å². The quantitative estimate of drug-likeness (QED) is 0.714. The molecule has 8 heteroatoms. The lowest BCUT2D eigenvalue weighted by molar-refractivity contribution is 0.0747. The number of hydrogen-bond acceptors (Lipinski definition) is 6. The number of nitrogens with zero attached hydrogens (tertiary/aromatic N) is 6. The molecule has 0 spiro atoms. The summed E-state index contributed by atoms with van der Waals surface area (Å²) in [6.07, 6.45) is 5.10. The molecule has 1 saturated heterocycles. The number of rotatable bonds is 3. The molecule has 1 fully saturated rings. The molecule has 0 saturated carbocycles. The summed E-state index contributed by atoms with van der Waals surface area (Å²) in [5.41, 5.74) is 1.14. The van der Waals surface area contributed by atoms with Crippen LogP contribution in [0.1, 0.15) is 16.2 Å². The van der Waals surface area contributed by atoms with E-state index < -0.39 is 0 Å². The molecule has 0 unspecified atom stereocenters. The minimum Gasteiger partial charge on any atom is -0.463 e. The predicted octanol–water partition coefficient (Wildman–Crippen LogP) is 1.74. The molecule has 0 bridgehead atoms. The van der Waals surface area contributed by atoms with E-state index >= 15 is 0 Å². The first-order chi connectivity index (χ1) is 12.6. The van der Waals surface area contributed by atoms with E-state index in [1.54, 1.807) is 36.5 Å². The Kier molecular flexibility index (Phi) is 4.16. The lowest BCUT2D eigenvalue weighted by atomic mass is 10.1. The summed E-state index contributed by atoms with van der Waals surface area (Å²) in [5.74, 6) is 2.23. The van der Waals surface area contributed by atoms with Crippen molar-refractivity contribution in [3.8, 4) is 11.5 Å². The van der Waals surface area contributed by atoms with Crippen LogP contribution < -0.4 is 4.90 Å². The monoisotopic (exact) mass is 352 g/mol. The molecule has 0 atom stereocenters. The third-order valence-corrected chi connectivity index (χ3v) is 4.47. The summed E-state index contributed by atoms with van der Waals surface area (Å²) >= 11 is 0. The fourth-order valence-corrected chi connectivity index (χ4v) is 3.17. The Morgan fingerprint density at radius 2 is 2.00 bits per heavy atom. The van der Waals surface area contributed by atoms with Crippen LogP contribution in [0.5, 0.6) is 0 Å². The van der Waals surface area contributed by atoms with Gasteiger partial charge in [-0.15, -0.1) is 0 Å². The highest BCUT2D eigenvalue weighted by molar-refractivity contribution is 5.99. The molecule has 1 amide bonds. The van der Waals surface area contributed by atoms with E-state index in [4.69, 9.17) is 4.42 Å². The zero-order valence-electron chi connectivity index (χ0n) is 14.8. The molecule has 26 heavy (non-hydrogen) atoms. The van der Waals surface area contributed by atoms with Gasteiger partial charge in [0.05, 0.1) is 11.8 Å². The number of carbonyl (C=O) groups excluding carboxylic acids is 1. The molecule has 0 aliphatic carbocycles. The number of aryl methyl sites for hydroxylation is 2. The van der Waals surface area contributed by atoms with Gasteiger partial charge in [-0.1, -0.05) is 0 Å². The summed E-state index contributed by atoms with van der Waals surface area (Å²) in [5, 5.41) is 4.39. The molecule has 3 aromatic heterocycles. The van der Waals surface area contributed by atoms with Crippen LogP contribution >= 0.6 is 0 Å². The summed E-state index contributed by atoms with van der Waals surface area (Å²) < 4.78 is 7.07. The Hall–Kier alpha value is -3.16. The lowest BCUT2D eigenvalue weighted by Crippen LogP contribution is -2.49. The van der Waals surface area contributed by atoms with E-state index in [9.17, 15) is 4.79 Å². The van der Waals surface area contributed by atoms with E-state index in [0.717, 1.165) is 24.7 Å². The van der Waals surface area contributed by atoms with Gasteiger partial charge in [-0.3, -0.25) is 9.48 Å². The van der Waals surface area contributed by atoms with Crippen LogP contribution in [0.4, 0.5) is 5.82 Å². The van der Waals surface area contributed by atoms with Crippen LogP contribution in [0.15, 0.2) is 41.3 Å². The van der Waals surface area contributed by atoms with Crippen molar-refractivity contribution in [2.75, 3.05) is 31.1 Å². The smallest absolute Gasteiger partial charge is 0.257 e. The number of anilines is 1. The second-order valence-electron chi connectivity index (χ2n) is 6.28. The van der Waals surface area contributed by atoms with Gasteiger partial charge in [-0.05, 0) is 25.1 Å². The van der Waals surface area contributed by atoms with Crippen molar-refractivity contribution in [1.29, 1.82) is 0 Å². The zero-order chi connectivity index (χ0) is 18.1. The molecule has 134 valence electrons. The number of piperazine rings is 1. The van der Waals surface area contributed by atoms with Crippen molar-refractivity contribution in [1.82, 2.24) is 24.6 Å². The van der Waals surface area contributed by atoms with Gasteiger partial charge in [-0.25, -0.2) is 9.97 Å². The highest BCUT2D eigenvalue weighted by atomic mass is 16.3. The Bertz CT molecular complexity index is 910. The van der Waals surface area contributed by atoms with Crippen LogP contribution in [0.25, 0.3) is 11.5 Å². The van der Waals surface area contributed by atoms with Gasteiger partial charge in [0.2, 0.25) is 0 Å². The molecule has 4 heterocycles. The van der Waals surface area contributed by atoms with Gasteiger partial charge in [0, 0.05) is 45.6 Å². The van der Waals surface area contributed by atoms with E-state index in [1.165, 1.54) is 0 Å². The molecule has 0 radical (unpaired) electrons. The molecule has 0 N–H and O–H groups in total. The minimum absolute atomic E-state index is 0.0250. The molecule has 4 rings (SSSR count). The third-order valence-electron chi connectivity index (χ3n) is 4.47. The van der Waals surface area contributed by atoms with Gasteiger partial charge in [0.25, 0.3) is 5.91 Å². The van der Waals surface area contributed by atoms with Gasteiger partial charge < -0.3 is 14.2 Å². The first-order valence-electron chi connectivity index (χ1n) is 8.53. The Labute approximate surface area is 151 Å². The van der Waals surface area contributed by atoms with Crippen LogP contribution in [0.3, 0.4) is 0 Å². The molecule has 3 aromatic rings. The van der Waals surface area contributed by atoms with Crippen molar-refractivity contribution in [3.05, 3.63) is 48.2 Å². The highest BCUT2D eigenvalue weighted by Gasteiger charge is 2.27. The van der Waals surface area contributed by atoms with Crippen molar-refractivity contribution in [3.63, 3.8) is 0 Å². The number of carbonyl (C=O) groups is 1. The average Bonchev–Trinajstić information content (AvgIpc) is 3.30. The summed E-state index contributed by atoms with van der Waals surface area (Å²) in [6, 6.07) is 5.51. The molecule has 8 nitrogen and oxygen atoms in total. The summed E-state index contributed by atoms with van der Waals surface area (Å²) in [4.78, 5) is 25.6. The van der Waals surface area contributed by atoms with Crippen molar-refractivity contribution >= 4 is 11.7 Å². The fourth-order valence-electron chi connectivity index (χ4n) is 3.17. The first kappa shape index (κ1) is 16.3. The zero-order valence-corrected chi connectivity index (χ0v) is 14.8. The van der Waals surface area contributed by atoms with Gasteiger partial charge in [0.1, 0.15) is 17.3 Å². The minimum atomic E-state index is -0.0250. The standard InChI is InChI=1S/C18H20N6O2/c1-13-19-6-5-16(20-13)23-7-9-24(10-8-23)18(25)14-12-22(2)21-17(14)15-4-3-11-26-15/h3-6,11-12H,7-10H2,1-2H3. The Balaban J connectivity index is 1.49. The lowest BCUT2D eigenvalue weighted by Gasteiger charge is -2.35. The van der Waals surface area contributed by atoms with E-state index in [0.29, 0.717) is 30.1 Å². The van der Waals surface area contributed by atoms with Crippen molar-refractivity contribution < 1.29 is 9.21 Å².